The molecule has 1 N–H and O–H groups in total. The number of nitrogens with one attached hydrogen (secondary N) is 1. The van der Waals surface area contributed by atoms with Gasteiger partial charge in [-0.2, -0.15) is 11.8 Å². The van der Waals surface area contributed by atoms with Crippen LogP contribution in [0.4, 0.5) is 0 Å². The number of benzene rings is 2. The van der Waals surface area contributed by atoms with E-state index in [1.807, 2.05) is 61.0 Å². The van der Waals surface area contributed by atoms with Crippen LogP contribution < -0.4 is 5.32 Å². The standard InChI is InChI=1S/C26H28N2O3S/c1-31-26(30)24(14-16-32-2)28-25(29)22-13-12-19(10-11-20-7-6-15-27-18-20)17-23(22)21-8-4-3-5-9-21/h3-9,12-13,15,17-18,24H,10-11,14,16H2,1-2H3,(H,28,29). The van der Waals surface area contributed by atoms with Crippen LogP contribution in [0.2, 0.25) is 0 Å². The Hall–Kier alpha value is -3.12. The number of hydrogen-bond donors (Lipinski definition) is 1. The summed E-state index contributed by atoms with van der Waals surface area (Å²) in [5.41, 5.74) is 4.65. The molecule has 1 aromatic heterocycles. The fourth-order valence-electron chi connectivity index (χ4n) is 3.50. The lowest BCUT2D eigenvalue weighted by Crippen LogP contribution is -2.42. The lowest BCUT2D eigenvalue weighted by atomic mass is 9.94. The molecule has 3 aromatic rings. The van der Waals surface area contributed by atoms with Crippen molar-refractivity contribution in [1.82, 2.24) is 10.3 Å². The highest BCUT2D eigenvalue weighted by molar-refractivity contribution is 7.98. The maximum atomic E-state index is 13.2. The number of methoxy groups -OCH3 is 1. The summed E-state index contributed by atoms with van der Waals surface area (Å²) in [6, 6.07) is 19.1. The number of thioether (sulfide) groups is 1. The molecule has 0 radical (unpaired) electrons. The second kappa shape index (κ2) is 12.1. The monoisotopic (exact) mass is 448 g/mol. The van der Waals surface area contributed by atoms with E-state index in [2.05, 4.69) is 22.4 Å². The zero-order valence-electron chi connectivity index (χ0n) is 18.4. The molecule has 1 unspecified atom stereocenters. The Morgan fingerprint density at radius 2 is 1.81 bits per heavy atom. The number of aromatic nitrogens is 1. The summed E-state index contributed by atoms with van der Waals surface area (Å²) in [7, 11) is 1.34. The van der Waals surface area contributed by atoms with Crippen LogP contribution in [0, 0.1) is 0 Å². The van der Waals surface area contributed by atoms with Crippen LogP contribution in [0.25, 0.3) is 11.1 Å². The first-order chi connectivity index (χ1) is 15.6. The Bertz CT molecular complexity index is 1030. The quantitative estimate of drug-likeness (QED) is 0.461. The molecular formula is C26H28N2O3S. The fraction of sp³-hybridized carbons (Fsp3) is 0.269. The number of esters is 1. The summed E-state index contributed by atoms with van der Waals surface area (Å²) in [6.07, 6.45) is 7.84. The largest absolute Gasteiger partial charge is 0.467 e. The minimum Gasteiger partial charge on any atom is -0.467 e. The Morgan fingerprint density at radius 3 is 2.50 bits per heavy atom. The van der Waals surface area contributed by atoms with Gasteiger partial charge >= 0.3 is 5.97 Å². The lowest BCUT2D eigenvalue weighted by molar-refractivity contribution is -0.142. The number of carbonyl (C=O) groups is 2. The summed E-state index contributed by atoms with van der Waals surface area (Å²) in [6.45, 7) is 0. The van der Waals surface area contributed by atoms with Crippen molar-refractivity contribution in [3.63, 3.8) is 0 Å². The Balaban J connectivity index is 1.86. The molecule has 32 heavy (non-hydrogen) atoms. The third kappa shape index (κ3) is 6.44. The van der Waals surface area contributed by atoms with E-state index in [-0.39, 0.29) is 5.91 Å². The number of pyridine rings is 1. The van der Waals surface area contributed by atoms with Crippen molar-refractivity contribution in [3.05, 3.63) is 89.7 Å². The molecule has 1 heterocycles. The highest BCUT2D eigenvalue weighted by atomic mass is 32.2. The van der Waals surface area contributed by atoms with E-state index in [1.54, 1.807) is 18.0 Å². The van der Waals surface area contributed by atoms with Gasteiger partial charge in [0.2, 0.25) is 0 Å². The second-order valence-electron chi connectivity index (χ2n) is 7.44. The van der Waals surface area contributed by atoms with Crippen LogP contribution in [0.5, 0.6) is 0 Å². The van der Waals surface area contributed by atoms with Gasteiger partial charge in [-0.1, -0.05) is 48.5 Å². The molecule has 2 aromatic carbocycles. The average Bonchev–Trinajstić information content (AvgIpc) is 2.85. The molecule has 0 fully saturated rings. The molecule has 5 nitrogen and oxygen atoms in total. The van der Waals surface area contributed by atoms with Gasteiger partial charge in [0.15, 0.2) is 0 Å². The van der Waals surface area contributed by atoms with Gasteiger partial charge < -0.3 is 10.1 Å². The summed E-state index contributed by atoms with van der Waals surface area (Å²) in [5.74, 6) is 0.0414. The summed E-state index contributed by atoms with van der Waals surface area (Å²) in [5, 5.41) is 2.87. The van der Waals surface area contributed by atoms with Crippen LogP contribution in [-0.4, -0.2) is 42.0 Å². The molecule has 0 aliphatic rings. The van der Waals surface area contributed by atoms with Crippen LogP contribution in [0.15, 0.2) is 73.1 Å². The Labute approximate surface area is 193 Å². The first-order valence-electron chi connectivity index (χ1n) is 10.6. The van der Waals surface area contributed by atoms with Gasteiger partial charge in [0.1, 0.15) is 6.04 Å². The van der Waals surface area contributed by atoms with Crippen molar-refractivity contribution >= 4 is 23.6 Å². The number of ether oxygens (including phenoxy) is 1. The first kappa shape index (κ1) is 23.5. The molecule has 6 heteroatoms. The van der Waals surface area contributed by atoms with E-state index < -0.39 is 12.0 Å². The molecule has 1 amide bonds. The zero-order valence-corrected chi connectivity index (χ0v) is 19.2. The molecular weight excluding hydrogens is 420 g/mol. The van der Waals surface area contributed by atoms with Crippen LogP contribution in [0.3, 0.4) is 0 Å². The molecule has 3 rings (SSSR count). The summed E-state index contributed by atoms with van der Waals surface area (Å²) < 4.78 is 4.89. The molecule has 0 aliphatic heterocycles. The maximum absolute atomic E-state index is 13.2. The molecule has 0 aliphatic carbocycles. The predicted octanol–water partition coefficient (Wildman–Crippen LogP) is 4.56. The first-order valence-corrected chi connectivity index (χ1v) is 12.0. The Kier molecular flexibility index (Phi) is 8.87. The predicted molar refractivity (Wildman–Crippen MR) is 130 cm³/mol. The number of hydrogen-bond acceptors (Lipinski definition) is 5. The number of amides is 1. The van der Waals surface area contributed by atoms with Gasteiger partial charge in [-0.25, -0.2) is 4.79 Å². The fourth-order valence-corrected chi connectivity index (χ4v) is 3.97. The molecule has 166 valence electrons. The summed E-state index contributed by atoms with van der Waals surface area (Å²) in [4.78, 5) is 29.5. The van der Waals surface area contributed by atoms with Crippen LogP contribution in [0.1, 0.15) is 27.9 Å². The number of carbonyl (C=O) groups excluding carboxylic acids is 2. The SMILES string of the molecule is COC(=O)C(CCSC)NC(=O)c1ccc(CCc2cccnc2)cc1-c1ccccc1. The Morgan fingerprint density at radius 1 is 1.03 bits per heavy atom. The minimum atomic E-state index is -0.672. The maximum Gasteiger partial charge on any atom is 0.328 e. The van der Waals surface area contributed by atoms with Gasteiger partial charge in [-0.3, -0.25) is 9.78 Å². The minimum absolute atomic E-state index is 0.279. The van der Waals surface area contributed by atoms with E-state index in [1.165, 1.54) is 12.7 Å². The van der Waals surface area contributed by atoms with Crippen molar-refractivity contribution in [2.24, 2.45) is 0 Å². The van der Waals surface area contributed by atoms with Gasteiger partial charge in [-0.05, 0) is 65.7 Å². The molecule has 0 spiro atoms. The van der Waals surface area contributed by atoms with Crippen molar-refractivity contribution in [1.29, 1.82) is 0 Å². The molecule has 0 saturated carbocycles. The van der Waals surface area contributed by atoms with E-state index in [4.69, 9.17) is 4.74 Å². The van der Waals surface area contributed by atoms with Gasteiger partial charge in [-0.15, -0.1) is 0 Å². The zero-order chi connectivity index (χ0) is 22.8. The van der Waals surface area contributed by atoms with Gasteiger partial charge in [0.25, 0.3) is 5.91 Å². The molecule has 0 bridgehead atoms. The lowest BCUT2D eigenvalue weighted by Gasteiger charge is -2.18. The third-order valence-electron chi connectivity index (χ3n) is 5.24. The number of rotatable bonds is 10. The van der Waals surface area contributed by atoms with Crippen molar-refractivity contribution in [3.8, 4) is 11.1 Å². The summed E-state index contributed by atoms with van der Waals surface area (Å²) >= 11 is 1.62. The smallest absolute Gasteiger partial charge is 0.328 e. The van der Waals surface area contributed by atoms with Crippen molar-refractivity contribution in [2.75, 3.05) is 19.1 Å². The van der Waals surface area contributed by atoms with Gasteiger partial charge in [0, 0.05) is 18.0 Å². The van der Waals surface area contributed by atoms with E-state index in [0.29, 0.717) is 12.0 Å². The van der Waals surface area contributed by atoms with Gasteiger partial charge in [0.05, 0.1) is 7.11 Å². The highest BCUT2D eigenvalue weighted by Gasteiger charge is 2.23. The van der Waals surface area contributed by atoms with E-state index >= 15 is 0 Å². The van der Waals surface area contributed by atoms with Crippen molar-refractivity contribution in [2.45, 2.75) is 25.3 Å². The normalized spacial score (nSPS) is 11.6. The van der Waals surface area contributed by atoms with Crippen LogP contribution >= 0.6 is 11.8 Å². The van der Waals surface area contributed by atoms with Crippen LogP contribution in [-0.2, 0) is 22.4 Å². The molecule has 1 atom stereocenters. The highest BCUT2D eigenvalue weighted by Crippen LogP contribution is 2.26. The van der Waals surface area contributed by atoms with E-state index in [0.717, 1.165) is 35.3 Å². The number of nitrogens with zero attached hydrogens (tertiary/aromatic N) is 1. The van der Waals surface area contributed by atoms with E-state index in [9.17, 15) is 9.59 Å². The molecule has 0 saturated heterocycles. The third-order valence-corrected chi connectivity index (χ3v) is 5.88. The topological polar surface area (TPSA) is 68.3 Å². The average molecular weight is 449 g/mol. The van der Waals surface area contributed by atoms with Crippen molar-refractivity contribution < 1.29 is 14.3 Å². The second-order valence-corrected chi connectivity index (χ2v) is 8.42. The number of aryl methyl sites for hydroxylation is 2.